The van der Waals surface area contributed by atoms with Crippen molar-refractivity contribution in [3.63, 3.8) is 0 Å². The zero-order valence-electron chi connectivity index (χ0n) is 11.2. The number of anilines is 1. The predicted molar refractivity (Wildman–Crippen MR) is 74.7 cm³/mol. The van der Waals surface area contributed by atoms with Gasteiger partial charge in [0.1, 0.15) is 11.4 Å². The first kappa shape index (κ1) is 13.7. The average Bonchev–Trinajstić information content (AvgIpc) is 2.47. The number of methoxy groups -OCH3 is 1. The Labute approximate surface area is 116 Å². The molecular weight excluding hydrogens is 256 g/mol. The Bertz CT molecular complexity index is 653. The number of rotatable bonds is 3. The van der Waals surface area contributed by atoms with Crippen molar-refractivity contribution in [1.82, 2.24) is 4.98 Å². The fourth-order valence-electron chi connectivity index (χ4n) is 1.78. The van der Waals surface area contributed by atoms with Crippen LogP contribution in [0.5, 0.6) is 0 Å². The Morgan fingerprint density at radius 1 is 1.10 bits per heavy atom. The molecule has 2 aromatic rings. The van der Waals surface area contributed by atoms with E-state index in [1.54, 1.807) is 24.3 Å². The fourth-order valence-corrected chi connectivity index (χ4v) is 1.78. The molecule has 102 valence electrons. The second kappa shape index (κ2) is 5.97. The molecular formula is C15H14N2O3. The van der Waals surface area contributed by atoms with Gasteiger partial charge in [0.2, 0.25) is 0 Å². The van der Waals surface area contributed by atoms with E-state index >= 15 is 0 Å². The molecule has 0 saturated heterocycles. The van der Waals surface area contributed by atoms with Crippen LogP contribution in [0.2, 0.25) is 0 Å². The molecule has 0 aliphatic carbocycles. The van der Waals surface area contributed by atoms with Gasteiger partial charge in [-0.05, 0) is 30.7 Å². The molecule has 1 aromatic heterocycles. The standard InChI is InChI=1S/C15H14N2O3/c1-10-6-3-4-7-11(10)14(18)17-13-12(15(19)20-2)8-5-9-16-13/h3-9H,1-2H3,(H,16,17,18). The lowest BCUT2D eigenvalue weighted by Crippen LogP contribution is -2.17. The summed E-state index contributed by atoms with van der Waals surface area (Å²) in [5.74, 6) is -0.669. The summed E-state index contributed by atoms with van der Waals surface area (Å²) in [6.45, 7) is 1.84. The summed E-state index contributed by atoms with van der Waals surface area (Å²) >= 11 is 0. The van der Waals surface area contributed by atoms with Crippen molar-refractivity contribution >= 4 is 17.7 Å². The van der Waals surface area contributed by atoms with Crippen molar-refractivity contribution in [3.05, 3.63) is 59.3 Å². The third-order valence-corrected chi connectivity index (χ3v) is 2.83. The molecule has 1 N–H and O–H groups in total. The van der Waals surface area contributed by atoms with Gasteiger partial charge in [-0.2, -0.15) is 0 Å². The third kappa shape index (κ3) is 2.83. The molecule has 0 atom stereocenters. The van der Waals surface area contributed by atoms with Crippen molar-refractivity contribution in [3.8, 4) is 0 Å². The van der Waals surface area contributed by atoms with Gasteiger partial charge in [-0.25, -0.2) is 9.78 Å². The Hall–Kier alpha value is -2.69. The summed E-state index contributed by atoms with van der Waals surface area (Å²) in [5.41, 5.74) is 1.60. The van der Waals surface area contributed by atoms with E-state index in [0.717, 1.165) is 5.56 Å². The van der Waals surface area contributed by atoms with E-state index in [2.05, 4.69) is 15.0 Å². The molecule has 0 spiro atoms. The lowest BCUT2D eigenvalue weighted by molar-refractivity contribution is 0.0601. The van der Waals surface area contributed by atoms with E-state index in [4.69, 9.17) is 0 Å². The number of nitrogens with one attached hydrogen (secondary N) is 1. The van der Waals surface area contributed by atoms with Crippen LogP contribution in [0.3, 0.4) is 0 Å². The number of aryl methyl sites for hydroxylation is 1. The molecule has 0 fully saturated rings. The van der Waals surface area contributed by atoms with Gasteiger partial charge in [-0.3, -0.25) is 4.79 Å². The molecule has 20 heavy (non-hydrogen) atoms. The summed E-state index contributed by atoms with van der Waals surface area (Å²) in [4.78, 5) is 27.8. The highest BCUT2D eigenvalue weighted by molar-refractivity contribution is 6.07. The maximum Gasteiger partial charge on any atom is 0.341 e. The summed E-state index contributed by atoms with van der Waals surface area (Å²) in [6, 6.07) is 10.3. The first-order valence-electron chi connectivity index (χ1n) is 6.04. The van der Waals surface area contributed by atoms with Gasteiger partial charge in [-0.15, -0.1) is 0 Å². The zero-order chi connectivity index (χ0) is 14.5. The first-order valence-corrected chi connectivity index (χ1v) is 6.04. The molecule has 1 heterocycles. The van der Waals surface area contributed by atoms with E-state index in [0.29, 0.717) is 5.56 Å². The van der Waals surface area contributed by atoms with Gasteiger partial charge in [0.15, 0.2) is 0 Å². The van der Waals surface area contributed by atoms with Gasteiger partial charge in [0, 0.05) is 11.8 Å². The molecule has 2 rings (SSSR count). The topological polar surface area (TPSA) is 68.3 Å². The SMILES string of the molecule is COC(=O)c1cccnc1NC(=O)c1ccccc1C. The van der Waals surface area contributed by atoms with Crippen LogP contribution < -0.4 is 5.32 Å². The minimum Gasteiger partial charge on any atom is -0.465 e. The van der Waals surface area contributed by atoms with E-state index in [-0.39, 0.29) is 17.3 Å². The normalized spacial score (nSPS) is 9.90. The van der Waals surface area contributed by atoms with Gasteiger partial charge in [0.05, 0.1) is 7.11 Å². The molecule has 0 radical (unpaired) electrons. The molecule has 0 unspecified atom stereocenters. The minimum atomic E-state index is -0.543. The van der Waals surface area contributed by atoms with Crippen LogP contribution in [-0.2, 0) is 4.74 Å². The molecule has 5 nitrogen and oxygen atoms in total. The monoisotopic (exact) mass is 270 g/mol. The van der Waals surface area contributed by atoms with Crippen molar-refractivity contribution in [2.75, 3.05) is 12.4 Å². The summed E-state index contributed by atoms with van der Waals surface area (Å²) in [7, 11) is 1.28. The Kier molecular flexibility index (Phi) is 4.10. The number of nitrogens with zero attached hydrogens (tertiary/aromatic N) is 1. The number of pyridine rings is 1. The van der Waals surface area contributed by atoms with Crippen LogP contribution in [0.15, 0.2) is 42.6 Å². The van der Waals surface area contributed by atoms with Gasteiger partial charge in [0.25, 0.3) is 5.91 Å². The van der Waals surface area contributed by atoms with Crippen LogP contribution in [0.25, 0.3) is 0 Å². The zero-order valence-corrected chi connectivity index (χ0v) is 11.2. The van der Waals surface area contributed by atoms with Gasteiger partial charge >= 0.3 is 5.97 Å². The number of hydrogen-bond acceptors (Lipinski definition) is 4. The second-order valence-electron chi connectivity index (χ2n) is 4.16. The Balaban J connectivity index is 2.29. The summed E-state index contributed by atoms with van der Waals surface area (Å²) < 4.78 is 4.66. The first-order chi connectivity index (χ1) is 9.63. The van der Waals surface area contributed by atoms with Gasteiger partial charge in [-0.1, -0.05) is 18.2 Å². The number of aromatic nitrogens is 1. The molecule has 0 aliphatic heterocycles. The van der Waals surface area contributed by atoms with Crippen LogP contribution in [0.1, 0.15) is 26.3 Å². The van der Waals surface area contributed by atoms with Crippen LogP contribution in [0, 0.1) is 6.92 Å². The predicted octanol–water partition coefficient (Wildman–Crippen LogP) is 2.43. The second-order valence-corrected chi connectivity index (χ2v) is 4.16. The van der Waals surface area contributed by atoms with E-state index in [1.807, 2.05) is 19.1 Å². The van der Waals surface area contributed by atoms with Crippen LogP contribution in [0.4, 0.5) is 5.82 Å². The average molecular weight is 270 g/mol. The minimum absolute atomic E-state index is 0.188. The highest BCUT2D eigenvalue weighted by Gasteiger charge is 2.16. The van der Waals surface area contributed by atoms with Crippen molar-refractivity contribution < 1.29 is 14.3 Å². The maximum absolute atomic E-state index is 12.2. The number of carbonyl (C=O) groups is 2. The van der Waals surface area contributed by atoms with E-state index in [9.17, 15) is 9.59 Å². The number of amides is 1. The maximum atomic E-state index is 12.2. The van der Waals surface area contributed by atoms with Crippen LogP contribution in [-0.4, -0.2) is 24.0 Å². The van der Waals surface area contributed by atoms with Crippen molar-refractivity contribution in [1.29, 1.82) is 0 Å². The number of benzene rings is 1. The van der Waals surface area contributed by atoms with Crippen molar-refractivity contribution in [2.24, 2.45) is 0 Å². The molecule has 0 bridgehead atoms. The number of ether oxygens (including phenoxy) is 1. The Morgan fingerprint density at radius 3 is 2.50 bits per heavy atom. The number of esters is 1. The largest absolute Gasteiger partial charge is 0.465 e. The van der Waals surface area contributed by atoms with E-state index in [1.165, 1.54) is 13.3 Å². The van der Waals surface area contributed by atoms with E-state index < -0.39 is 5.97 Å². The summed E-state index contributed by atoms with van der Waals surface area (Å²) in [6.07, 6.45) is 1.50. The highest BCUT2D eigenvalue weighted by Crippen LogP contribution is 2.15. The third-order valence-electron chi connectivity index (χ3n) is 2.83. The molecule has 1 aromatic carbocycles. The quantitative estimate of drug-likeness (QED) is 0.870. The lowest BCUT2D eigenvalue weighted by Gasteiger charge is -2.09. The molecule has 0 saturated carbocycles. The molecule has 0 aliphatic rings. The molecule has 5 heteroatoms. The smallest absolute Gasteiger partial charge is 0.341 e. The highest BCUT2D eigenvalue weighted by atomic mass is 16.5. The van der Waals surface area contributed by atoms with Crippen LogP contribution >= 0.6 is 0 Å². The number of hydrogen-bond donors (Lipinski definition) is 1. The summed E-state index contributed by atoms with van der Waals surface area (Å²) in [5, 5.41) is 2.63. The number of carbonyl (C=O) groups excluding carboxylic acids is 2. The Morgan fingerprint density at radius 2 is 1.80 bits per heavy atom. The fraction of sp³-hybridized carbons (Fsp3) is 0.133. The van der Waals surface area contributed by atoms with Gasteiger partial charge < -0.3 is 10.1 Å². The lowest BCUT2D eigenvalue weighted by atomic mass is 10.1. The van der Waals surface area contributed by atoms with Crippen molar-refractivity contribution in [2.45, 2.75) is 6.92 Å². The molecule has 1 amide bonds.